The van der Waals surface area contributed by atoms with Crippen molar-refractivity contribution in [1.29, 1.82) is 0 Å². The van der Waals surface area contributed by atoms with Gasteiger partial charge in [-0.2, -0.15) is 4.31 Å². The van der Waals surface area contributed by atoms with Gasteiger partial charge in [-0.05, 0) is 38.3 Å². The minimum absolute atomic E-state index is 0.0106. The third-order valence-electron chi connectivity index (χ3n) is 6.18. The predicted octanol–water partition coefficient (Wildman–Crippen LogP) is 2.74. The lowest BCUT2D eigenvalue weighted by Crippen LogP contribution is -2.51. The average molecular weight is 495 g/mol. The Bertz CT molecular complexity index is 1340. The summed E-state index contributed by atoms with van der Waals surface area (Å²) in [6.07, 6.45) is 4.09. The van der Waals surface area contributed by atoms with Gasteiger partial charge in [0.1, 0.15) is 11.3 Å². The predicted molar refractivity (Wildman–Crippen MR) is 123 cm³/mol. The van der Waals surface area contributed by atoms with Gasteiger partial charge in [0.2, 0.25) is 16.0 Å². The Labute approximate surface area is 195 Å². The fourth-order valence-corrected chi connectivity index (χ4v) is 5.44. The molecule has 33 heavy (non-hydrogen) atoms. The van der Waals surface area contributed by atoms with Crippen molar-refractivity contribution < 1.29 is 17.9 Å². The number of aliphatic hydroxyl groups excluding tert-OH is 1. The Balaban J connectivity index is 1.45. The van der Waals surface area contributed by atoms with Crippen LogP contribution in [-0.4, -0.2) is 68.8 Å². The summed E-state index contributed by atoms with van der Waals surface area (Å²) in [5.74, 6) is 0.547. The maximum atomic E-state index is 14.9. The molecule has 2 aliphatic rings. The fraction of sp³-hybridized carbons (Fsp3) is 0.476. The number of anilines is 1. The van der Waals surface area contributed by atoms with Crippen LogP contribution in [0.3, 0.4) is 0 Å². The topological polar surface area (TPSA) is 113 Å². The zero-order valence-electron chi connectivity index (χ0n) is 18.2. The molecule has 0 radical (unpaired) electrons. The zero-order chi connectivity index (χ0) is 23.5. The highest BCUT2D eigenvalue weighted by molar-refractivity contribution is 7.88. The number of aryl methyl sites for hydroxylation is 1. The molecule has 2 N–H and O–H groups in total. The Hall–Kier alpha value is -2.34. The van der Waals surface area contributed by atoms with E-state index >= 15 is 0 Å². The number of nitrogens with one attached hydrogen (secondary N) is 1. The third-order valence-corrected chi connectivity index (χ3v) is 7.73. The molecule has 9 nitrogen and oxygen atoms in total. The number of rotatable bonds is 5. The minimum atomic E-state index is -3.37. The maximum absolute atomic E-state index is 14.9. The number of hydrogen-bond donors (Lipinski definition) is 2. The number of sulfonamides is 1. The molecule has 1 saturated carbocycles. The number of hydrogen-bond acceptors (Lipinski definition) is 7. The van der Waals surface area contributed by atoms with E-state index in [9.17, 15) is 17.9 Å². The van der Waals surface area contributed by atoms with Crippen LogP contribution in [0, 0.1) is 12.7 Å². The second-order valence-electron chi connectivity index (χ2n) is 8.70. The first-order valence-corrected chi connectivity index (χ1v) is 12.9. The number of benzene rings is 1. The molecule has 1 aliphatic carbocycles. The molecule has 1 aromatic carbocycles. The molecule has 0 amide bonds. The normalized spacial score (nSPS) is 22.1. The number of nitrogens with zero attached hydrogens (tertiary/aromatic N) is 5. The summed E-state index contributed by atoms with van der Waals surface area (Å²) in [4.78, 5) is 13.1. The lowest BCUT2D eigenvalue weighted by atomic mass is 10.0. The molecule has 3 heterocycles. The summed E-state index contributed by atoms with van der Waals surface area (Å²) in [6, 6.07) is 3.11. The number of halogens is 2. The first-order valence-electron chi connectivity index (χ1n) is 10.7. The summed E-state index contributed by atoms with van der Waals surface area (Å²) >= 11 is 6.37. The Morgan fingerprint density at radius 2 is 2.00 bits per heavy atom. The highest BCUT2D eigenvalue weighted by Gasteiger charge is 2.32. The van der Waals surface area contributed by atoms with Crippen LogP contribution < -0.4 is 5.32 Å². The maximum Gasteiger partial charge on any atom is 0.223 e. The van der Waals surface area contributed by atoms with E-state index in [4.69, 9.17) is 11.6 Å². The minimum Gasteiger partial charge on any atom is -0.390 e. The molecule has 0 spiro atoms. The van der Waals surface area contributed by atoms with Gasteiger partial charge in [0.25, 0.3) is 0 Å². The monoisotopic (exact) mass is 494 g/mol. The van der Waals surface area contributed by atoms with E-state index in [1.54, 1.807) is 0 Å². The number of fused-ring (bicyclic) bond motifs is 1. The van der Waals surface area contributed by atoms with Crippen molar-refractivity contribution in [3.05, 3.63) is 35.0 Å². The van der Waals surface area contributed by atoms with E-state index in [-0.39, 0.29) is 24.1 Å². The summed E-state index contributed by atoms with van der Waals surface area (Å²) < 4.78 is 41.7. The van der Waals surface area contributed by atoms with E-state index < -0.39 is 28.0 Å². The highest BCUT2D eigenvalue weighted by Crippen LogP contribution is 2.40. The van der Waals surface area contributed by atoms with E-state index in [1.165, 1.54) is 16.6 Å². The van der Waals surface area contributed by atoms with Crippen molar-refractivity contribution in [2.24, 2.45) is 0 Å². The van der Waals surface area contributed by atoms with Crippen LogP contribution in [0.4, 0.5) is 10.3 Å². The highest BCUT2D eigenvalue weighted by atomic mass is 35.5. The Kier molecular flexibility index (Phi) is 5.55. The number of piperidine rings is 1. The molecule has 5 rings (SSSR count). The fourth-order valence-electron chi connectivity index (χ4n) is 4.38. The van der Waals surface area contributed by atoms with E-state index in [2.05, 4.69) is 24.8 Å². The van der Waals surface area contributed by atoms with Gasteiger partial charge < -0.3 is 15.0 Å². The summed E-state index contributed by atoms with van der Waals surface area (Å²) in [5, 5.41) is 13.8. The average Bonchev–Trinajstić information content (AvgIpc) is 3.52. The van der Waals surface area contributed by atoms with Crippen molar-refractivity contribution >= 4 is 38.6 Å². The van der Waals surface area contributed by atoms with Crippen molar-refractivity contribution in [3.8, 4) is 11.3 Å². The number of β-amino-alcohol motifs (C(OH)–C–C–N with tert-alkyl or cyclic N) is 1. The van der Waals surface area contributed by atoms with Crippen LogP contribution in [0.15, 0.2) is 18.3 Å². The van der Waals surface area contributed by atoms with Gasteiger partial charge in [-0.25, -0.2) is 27.8 Å². The van der Waals surface area contributed by atoms with Crippen molar-refractivity contribution in [3.63, 3.8) is 0 Å². The van der Waals surface area contributed by atoms with Crippen LogP contribution in [-0.2, 0) is 10.0 Å². The quantitative estimate of drug-likeness (QED) is 0.560. The summed E-state index contributed by atoms with van der Waals surface area (Å²) in [5.41, 5.74) is 1.90. The molecule has 1 aliphatic heterocycles. The standard InChI is InChI=1S/C21H24ClFN6O3S/c1-11-25-20-15(23)7-12(8-17(20)29(11)13-3-4-13)19-14(22)9-24-21(27-19)26-16-5-6-28(10-18(16)30)33(2,31)32/h7-9,13,16,18,30H,3-6,10H2,1-2H3,(H,24,26,27)/t16-,18-/m1/s1. The molecule has 2 atom stereocenters. The van der Waals surface area contributed by atoms with Crippen LogP contribution >= 0.6 is 11.6 Å². The largest absolute Gasteiger partial charge is 0.390 e. The Morgan fingerprint density at radius 1 is 1.24 bits per heavy atom. The van der Waals surface area contributed by atoms with Crippen molar-refractivity contribution in [1.82, 2.24) is 23.8 Å². The molecule has 0 unspecified atom stereocenters. The van der Waals surface area contributed by atoms with Gasteiger partial charge >= 0.3 is 0 Å². The van der Waals surface area contributed by atoms with Gasteiger partial charge in [0.05, 0.1) is 40.8 Å². The molecule has 3 aromatic rings. The van der Waals surface area contributed by atoms with E-state index in [0.717, 1.165) is 24.9 Å². The molecule has 1 saturated heterocycles. The molecule has 0 bridgehead atoms. The zero-order valence-corrected chi connectivity index (χ0v) is 19.7. The smallest absolute Gasteiger partial charge is 0.223 e. The first-order chi connectivity index (χ1) is 15.6. The van der Waals surface area contributed by atoms with Gasteiger partial charge in [-0.1, -0.05) is 11.6 Å². The SMILES string of the molecule is Cc1nc2c(F)cc(-c3nc(N[C@@H]4CCN(S(C)(=O)=O)C[C@H]4O)ncc3Cl)cc2n1C1CC1. The van der Waals surface area contributed by atoms with E-state index in [0.29, 0.717) is 34.8 Å². The van der Waals surface area contributed by atoms with Gasteiger partial charge in [0, 0.05) is 24.7 Å². The molecular weight excluding hydrogens is 471 g/mol. The second-order valence-corrected chi connectivity index (χ2v) is 11.1. The van der Waals surface area contributed by atoms with E-state index in [1.807, 2.05) is 13.0 Å². The Morgan fingerprint density at radius 3 is 2.67 bits per heavy atom. The lowest BCUT2D eigenvalue weighted by molar-refractivity contribution is 0.0950. The second kappa shape index (κ2) is 8.15. The molecule has 176 valence electrons. The van der Waals surface area contributed by atoms with Crippen molar-refractivity contribution in [2.75, 3.05) is 24.7 Å². The van der Waals surface area contributed by atoms with Gasteiger partial charge in [-0.15, -0.1) is 0 Å². The molecule has 12 heteroatoms. The number of aliphatic hydroxyl groups is 1. The lowest BCUT2D eigenvalue weighted by Gasteiger charge is -2.34. The van der Waals surface area contributed by atoms with Crippen LogP contribution in [0.2, 0.25) is 5.02 Å². The first kappa shape index (κ1) is 22.5. The summed E-state index contributed by atoms with van der Waals surface area (Å²) in [6.45, 7) is 2.14. The van der Waals surface area contributed by atoms with Crippen LogP contribution in [0.1, 0.15) is 31.1 Å². The van der Waals surface area contributed by atoms with Crippen LogP contribution in [0.25, 0.3) is 22.3 Å². The summed E-state index contributed by atoms with van der Waals surface area (Å²) in [7, 11) is -3.37. The van der Waals surface area contributed by atoms with Crippen molar-refractivity contribution in [2.45, 2.75) is 44.4 Å². The molecule has 2 aromatic heterocycles. The molecular formula is C21H24ClFN6O3S. The number of aromatic nitrogens is 4. The number of imidazole rings is 1. The third kappa shape index (κ3) is 4.30. The molecule has 2 fully saturated rings. The van der Waals surface area contributed by atoms with Gasteiger partial charge in [-0.3, -0.25) is 0 Å². The van der Waals surface area contributed by atoms with Crippen LogP contribution in [0.5, 0.6) is 0 Å². The van der Waals surface area contributed by atoms with Gasteiger partial charge in [0.15, 0.2) is 5.82 Å².